The maximum atomic E-state index is 13.4. The number of benzene rings is 3. The molecular formula is C27H22FN5. The molecule has 0 amide bonds. The summed E-state index contributed by atoms with van der Waals surface area (Å²) in [5.74, 6) is 0.735. The maximum Gasteiger partial charge on any atom is 0.123 e. The van der Waals surface area contributed by atoms with Crippen molar-refractivity contribution >= 4 is 21.8 Å². The third-order valence-corrected chi connectivity index (χ3v) is 6.48. The van der Waals surface area contributed by atoms with E-state index in [1.807, 2.05) is 38.4 Å². The van der Waals surface area contributed by atoms with Crippen LogP contribution in [0, 0.1) is 19.7 Å². The molecule has 3 aromatic carbocycles. The van der Waals surface area contributed by atoms with Gasteiger partial charge < -0.3 is 9.55 Å². The molecule has 0 atom stereocenters. The summed E-state index contributed by atoms with van der Waals surface area (Å²) < 4.78 is 15.5. The smallest absolute Gasteiger partial charge is 0.123 e. The van der Waals surface area contributed by atoms with Gasteiger partial charge in [-0.1, -0.05) is 24.3 Å². The molecule has 0 aliphatic rings. The van der Waals surface area contributed by atoms with Gasteiger partial charge in [-0.2, -0.15) is 5.10 Å². The molecule has 0 saturated heterocycles. The van der Waals surface area contributed by atoms with Crippen molar-refractivity contribution in [2.75, 3.05) is 0 Å². The van der Waals surface area contributed by atoms with Gasteiger partial charge >= 0.3 is 0 Å². The minimum Gasteiger partial charge on any atom is -0.353 e. The fourth-order valence-corrected chi connectivity index (χ4v) is 4.57. The summed E-state index contributed by atoms with van der Waals surface area (Å²) in [5.41, 5.74) is 9.20. The molecule has 0 radical (unpaired) electrons. The lowest BCUT2D eigenvalue weighted by molar-refractivity contribution is 0.628. The second-order valence-electron chi connectivity index (χ2n) is 8.49. The zero-order chi connectivity index (χ0) is 22.7. The van der Waals surface area contributed by atoms with Crippen molar-refractivity contribution in [3.8, 4) is 33.8 Å². The Morgan fingerprint density at radius 3 is 2.45 bits per heavy atom. The van der Waals surface area contributed by atoms with Gasteiger partial charge in [0.2, 0.25) is 0 Å². The van der Waals surface area contributed by atoms with E-state index in [9.17, 15) is 4.39 Å². The van der Waals surface area contributed by atoms with Gasteiger partial charge in [-0.15, -0.1) is 0 Å². The lowest BCUT2D eigenvalue weighted by Gasteiger charge is -2.08. The molecule has 0 saturated carbocycles. The highest BCUT2D eigenvalue weighted by molar-refractivity contribution is 6.02. The number of hydrogen-bond donors (Lipinski definition) is 2. The molecule has 6 aromatic rings. The number of imidazole rings is 1. The molecule has 6 rings (SSSR count). The predicted octanol–water partition coefficient (Wildman–Crippen LogP) is 6.53. The van der Waals surface area contributed by atoms with Crippen molar-refractivity contribution < 1.29 is 4.39 Å². The molecule has 0 bridgehead atoms. The van der Waals surface area contributed by atoms with Crippen LogP contribution in [0.2, 0.25) is 0 Å². The molecule has 3 aromatic heterocycles. The number of H-pyrrole nitrogens is 2. The summed E-state index contributed by atoms with van der Waals surface area (Å²) in [6.07, 6.45) is 1.92. The number of aromatic amines is 2. The molecule has 2 N–H and O–H groups in total. The summed E-state index contributed by atoms with van der Waals surface area (Å²) in [4.78, 5) is 7.99. The number of halogens is 1. The van der Waals surface area contributed by atoms with E-state index in [2.05, 4.69) is 62.0 Å². The van der Waals surface area contributed by atoms with Gasteiger partial charge in [-0.3, -0.25) is 5.10 Å². The molecule has 0 unspecified atom stereocenters. The lowest BCUT2D eigenvalue weighted by Crippen LogP contribution is -1.95. The van der Waals surface area contributed by atoms with Gasteiger partial charge in [-0.25, -0.2) is 9.37 Å². The molecule has 0 aliphatic carbocycles. The first-order valence-electron chi connectivity index (χ1n) is 10.8. The normalized spacial score (nSPS) is 11.6. The second-order valence-corrected chi connectivity index (χ2v) is 8.49. The van der Waals surface area contributed by atoms with E-state index >= 15 is 0 Å². The topological polar surface area (TPSA) is 62.3 Å². The number of aryl methyl sites for hydroxylation is 2. The van der Waals surface area contributed by atoms with Crippen LogP contribution in [0.3, 0.4) is 0 Å². The van der Waals surface area contributed by atoms with Crippen LogP contribution in [-0.2, 0) is 7.05 Å². The Morgan fingerprint density at radius 1 is 0.879 bits per heavy atom. The van der Waals surface area contributed by atoms with Crippen LogP contribution in [0.15, 0.2) is 66.9 Å². The Hall–Kier alpha value is -4.19. The predicted molar refractivity (Wildman–Crippen MR) is 130 cm³/mol. The molecular weight excluding hydrogens is 413 g/mol. The zero-order valence-electron chi connectivity index (χ0n) is 18.6. The SMILES string of the molecule is Cc1cc2[nH]nc(-c3cc4c(-c5ccc(F)cc5)cccc4[nH]3)c2cc1-c1cnc(C)n1C. The summed E-state index contributed by atoms with van der Waals surface area (Å²) in [6, 6.07) is 19.2. The van der Waals surface area contributed by atoms with Crippen molar-refractivity contribution in [3.05, 3.63) is 84.1 Å². The first kappa shape index (κ1) is 19.5. The number of rotatable bonds is 3. The first-order valence-corrected chi connectivity index (χ1v) is 10.8. The highest BCUT2D eigenvalue weighted by atomic mass is 19.1. The minimum atomic E-state index is -0.238. The standard InChI is InChI=1S/C27H22FN5/c1-15-11-24-22(12-20(15)26-14-29-16(2)33(26)3)27(32-31-24)25-13-21-19(5-4-6-23(21)30-25)17-7-9-18(28)10-8-17/h4-14,30H,1-3H3,(H,31,32). The van der Waals surface area contributed by atoms with E-state index in [-0.39, 0.29) is 5.82 Å². The van der Waals surface area contributed by atoms with E-state index in [0.717, 1.165) is 67.0 Å². The average Bonchev–Trinajstić information content (AvgIpc) is 3.51. The van der Waals surface area contributed by atoms with Gasteiger partial charge in [0.25, 0.3) is 0 Å². The molecule has 33 heavy (non-hydrogen) atoms. The number of aromatic nitrogens is 5. The monoisotopic (exact) mass is 435 g/mol. The van der Waals surface area contributed by atoms with Crippen LogP contribution in [-0.4, -0.2) is 24.7 Å². The van der Waals surface area contributed by atoms with E-state index in [1.165, 1.54) is 12.1 Å². The van der Waals surface area contributed by atoms with Crippen LogP contribution in [0.5, 0.6) is 0 Å². The van der Waals surface area contributed by atoms with E-state index < -0.39 is 0 Å². The Kier molecular flexibility index (Phi) is 4.23. The minimum absolute atomic E-state index is 0.238. The van der Waals surface area contributed by atoms with Crippen molar-refractivity contribution in [1.82, 2.24) is 24.7 Å². The van der Waals surface area contributed by atoms with Crippen molar-refractivity contribution in [3.63, 3.8) is 0 Å². The zero-order valence-corrected chi connectivity index (χ0v) is 18.6. The summed E-state index contributed by atoms with van der Waals surface area (Å²) >= 11 is 0. The van der Waals surface area contributed by atoms with Crippen LogP contribution >= 0.6 is 0 Å². The van der Waals surface area contributed by atoms with Gasteiger partial charge in [0.1, 0.15) is 17.3 Å². The second kappa shape index (κ2) is 7.17. The molecule has 0 spiro atoms. The number of nitrogens with zero attached hydrogens (tertiary/aromatic N) is 3. The number of nitrogens with one attached hydrogen (secondary N) is 2. The third-order valence-electron chi connectivity index (χ3n) is 6.48. The molecule has 0 aliphatic heterocycles. The molecule has 6 heteroatoms. The Morgan fingerprint density at radius 2 is 1.70 bits per heavy atom. The lowest BCUT2D eigenvalue weighted by atomic mass is 10.0. The van der Waals surface area contributed by atoms with Crippen LogP contribution < -0.4 is 0 Å². The molecule has 5 nitrogen and oxygen atoms in total. The van der Waals surface area contributed by atoms with Crippen LogP contribution in [0.1, 0.15) is 11.4 Å². The van der Waals surface area contributed by atoms with Crippen molar-refractivity contribution in [2.24, 2.45) is 7.05 Å². The van der Waals surface area contributed by atoms with Gasteiger partial charge in [-0.05, 0) is 66.9 Å². The van der Waals surface area contributed by atoms with E-state index in [0.29, 0.717) is 0 Å². The third kappa shape index (κ3) is 3.06. The maximum absolute atomic E-state index is 13.4. The Labute approximate surface area is 189 Å². The van der Waals surface area contributed by atoms with Gasteiger partial charge in [0.15, 0.2) is 0 Å². The molecule has 0 fully saturated rings. The van der Waals surface area contributed by atoms with E-state index in [1.54, 1.807) is 0 Å². The Balaban J connectivity index is 1.53. The summed E-state index contributed by atoms with van der Waals surface area (Å²) in [6.45, 7) is 4.11. The highest BCUT2D eigenvalue weighted by Crippen LogP contribution is 2.36. The average molecular weight is 436 g/mol. The quantitative estimate of drug-likeness (QED) is 0.332. The largest absolute Gasteiger partial charge is 0.353 e. The van der Waals surface area contributed by atoms with Crippen LogP contribution in [0.25, 0.3) is 55.6 Å². The molecule has 3 heterocycles. The number of hydrogen-bond acceptors (Lipinski definition) is 2. The van der Waals surface area contributed by atoms with E-state index in [4.69, 9.17) is 0 Å². The summed E-state index contributed by atoms with van der Waals surface area (Å²) in [5, 5.41) is 9.96. The fourth-order valence-electron chi connectivity index (χ4n) is 4.57. The fraction of sp³-hybridized carbons (Fsp3) is 0.111. The Bertz CT molecular complexity index is 1650. The molecule has 162 valence electrons. The summed E-state index contributed by atoms with van der Waals surface area (Å²) in [7, 11) is 2.03. The van der Waals surface area contributed by atoms with Crippen LogP contribution in [0.4, 0.5) is 4.39 Å². The first-order chi connectivity index (χ1) is 16.0. The number of fused-ring (bicyclic) bond motifs is 2. The van der Waals surface area contributed by atoms with Crippen molar-refractivity contribution in [1.29, 1.82) is 0 Å². The van der Waals surface area contributed by atoms with Crippen molar-refractivity contribution in [2.45, 2.75) is 13.8 Å². The highest BCUT2D eigenvalue weighted by Gasteiger charge is 2.17. The van der Waals surface area contributed by atoms with Gasteiger partial charge in [0, 0.05) is 28.9 Å². The van der Waals surface area contributed by atoms with Gasteiger partial charge in [0.05, 0.1) is 23.1 Å².